The second-order valence-electron chi connectivity index (χ2n) is 9.92. The highest BCUT2D eigenvalue weighted by atomic mass is 16.1. The number of Topliss-reactive ketones (excluding diaryl/α,β-unsaturated/α-hetero) is 1. The molecule has 6 atom stereocenters. The summed E-state index contributed by atoms with van der Waals surface area (Å²) >= 11 is 0. The Morgan fingerprint density at radius 3 is 2.50 bits per heavy atom. The summed E-state index contributed by atoms with van der Waals surface area (Å²) in [6, 6.07) is 0. The lowest BCUT2D eigenvalue weighted by atomic mass is 9.46. The first kappa shape index (κ1) is 16.5. The third-order valence-corrected chi connectivity index (χ3v) is 8.67. The van der Waals surface area contributed by atoms with Gasteiger partial charge in [0.25, 0.3) is 0 Å². The Hall–Kier alpha value is -0.920. The van der Waals surface area contributed by atoms with Gasteiger partial charge in [0.15, 0.2) is 11.6 Å². The average molecular weight is 328 g/mol. The van der Waals surface area contributed by atoms with Gasteiger partial charge in [-0.3, -0.25) is 9.59 Å². The molecule has 0 aromatic rings. The van der Waals surface area contributed by atoms with E-state index in [1.165, 1.54) is 25.7 Å². The lowest BCUT2D eigenvalue weighted by Gasteiger charge is -2.57. The second kappa shape index (κ2) is 5.29. The number of carbonyl (C=O) groups is 2. The summed E-state index contributed by atoms with van der Waals surface area (Å²) in [6.45, 7) is 9.57. The smallest absolute Gasteiger partial charge is 0.159 e. The molecular formula is C22H32O2. The highest BCUT2D eigenvalue weighted by Gasteiger charge is 2.60. The molecule has 6 unspecified atom stereocenters. The van der Waals surface area contributed by atoms with Gasteiger partial charge in [-0.15, -0.1) is 0 Å². The van der Waals surface area contributed by atoms with E-state index in [4.69, 9.17) is 0 Å². The van der Waals surface area contributed by atoms with Crippen LogP contribution in [0.5, 0.6) is 0 Å². The lowest BCUT2D eigenvalue weighted by molar-refractivity contribution is -0.131. The van der Waals surface area contributed by atoms with Crippen molar-refractivity contribution in [1.82, 2.24) is 0 Å². The van der Waals surface area contributed by atoms with Crippen molar-refractivity contribution in [1.29, 1.82) is 0 Å². The van der Waals surface area contributed by atoms with Crippen LogP contribution < -0.4 is 0 Å². The van der Waals surface area contributed by atoms with E-state index in [0.717, 1.165) is 23.8 Å². The van der Waals surface area contributed by atoms with Crippen LogP contribution in [0.4, 0.5) is 0 Å². The van der Waals surface area contributed by atoms with Crippen LogP contribution in [-0.2, 0) is 9.59 Å². The summed E-state index contributed by atoms with van der Waals surface area (Å²) in [7, 11) is 0. The normalized spacial score (nSPS) is 48.0. The molecule has 0 aliphatic heterocycles. The molecule has 4 aliphatic carbocycles. The zero-order chi connectivity index (χ0) is 17.3. The number of ketones is 2. The van der Waals surface area contributed by atoms with Crippen molar-refractivity contribution in [2.45, 2.75) is 72.6 Å². The van der Waals surface area contributed by atoms with E-state index >= 15 is 0 Å². The van der Waals surface area contributed by atoms with E-state index in [9.17, 15) is 9.59 Å². The van der Waals surface area contributed by atoms with Crippen molar-refractivity contribution in [3.8, 4) is 0 Å². The molecule has 2 heteroatoms. The van der Waals surface area contributed by atoms with Gasteiger partial charge < -0.3 is 0 Å². The highest BCUT2D eigenvalue weighted by Crippen LogP contribution is 2.66. The van der Waals surface area contributed by atoms with E-state index < -0.39 is 0 Å². The maximum atomic E-state index is 12.9. The van der Waals surface area contributed by atoms with Gasteiger partial charge in [0, 0.05) is 18.4 Å². The average Bonchev–Trinajstić information content (AvgIpc) is 2.87. The molecule has 4 aliphatic rings. The molecule has 0 heterocycles. The van der Waals surface area contributed by atoms with Crippen molar-refractivity contribution in [3.05, 3.63) is 11.6 Å². The number of hydrogen-bond donors (Lipinski definition) is 0. The van der Waals surface area contributed by atoms with Gasteiger partial charge in [-0.25, -0.2) is 0 Å². The molecular weight excluding hydrogens is 296 g/mol. The van der Waals surface area contributed by atoms with Gasteiger partial charge in [-0.2, -0.15) is 0 Å². The number of allylic oxidation sites excluding steroid dienone is 1. The van der Waals surface area contributed by atoms with Gasteiger partial charge >= 0.3 is 0 Å². The summed E-state index contributed by atoms with van der Waals surface area (Å²) in [5, 5.41) is 0. The fourth-order valence-electron chi connectivity index (χ4n) is 7.52. The highest BCUT2D eigenvalue weighted by molar-refractivity contribution is 6.05. The maximum Gasteiger partial charge on any atom is 0.159 e. The van der Waals surface area contributed by atoms with Crippen molar-refractivity contribution in [3.63, 3.8) is 0 Å². The molecule has 3 fully saturated rings. The van der Waals surface area contributed by atoms with Crippen molar-refractivity contribution in [2.24, 2.45) is 40.4 Å². The van der Waals surface area contributed by atoms with E-state index in [1.54, 1.807) is 6.08 Å². The molecule has 0 amide bonds. The quantitative estimate of drug-likeness (QED) is 0.681. The Labute approximate surface area is 146 Å². The zero-order valence-corrected chi connectivity index (χ0v) is 15.7. The molecule has 3 saturated carbocycles. The van der Waals surface area contributed by atoms with Crippen LogP contribution in [0.15, 0.2) is 11.6 Å². The molecule has 0 aromatic carbocycles. The monoisotopic (exact) mass is 328 g/mol. The van der Waals surface area contributed by atoms with Crippen LogP contribution in [-0.4, -0.2) is 11.6 Å². The molecule has 132 valence electrons. The van der Waals surface area contributed by atoms with Gasteiger partial charge in [-0.05, 0) is 78.6 Å². The number of fused-ring (bicyclic) bond motifs is 5. The van der Waals surface area contributed by atoms with Crippen LogP contribution in [0.1, 0.15) is 72.6 Å². The Morgan fingerprint density at radius 2 is 1.79 bits per heavy atom. The fraction of sp³-hybridized carbons (Fsp3) is 0.818. The molecule has 4 rings (SSSR count). The first-order valence-corrected chi connectivity index (χ1v) is 10.1. The van der Waals surface area contributed by atoms with E-state index in [-0.39, 0.29) is 17.0 Å². The number of carbonyl (C=O) groups excluding carboxylic acids is 2. The molecule has 0 saturated heterocycles. The summed E-state index contributed by atoms with van der Waals surface area (Å²) in [5.74, 6) is 3.88. The van der Waals surface area contributed by atoms with Crippen LogP contribution in [0.25, 0.3) is 0 Å². The molecule has 0 aromatic heterocycles. The maximum absolute atomic E-state index is 12.9. The van der Waals surface area contributed by atoms with E-state index in [2.05, 4.69) is 27.7 Å². The van der Waals surface area contributed by atoms with Crippen LogP contribution in [0, 0.1) is 40.4 Å². The fourth-order valence-corrected chi connectivity index (χ4v) is 7.52. The Balaban J connectivity index is 1.71. The molecule has 0 radical (unpaired) electrons. The Kier molecular flexibility index (Phi) is 3.64. The third-order valence-electron chi connectivity index (χ3n) is 8.67. The van der Waals surface area contributed by atoms with Gasteiger partial charge in [0.2, 0.25) is 0 Å². The van der Waals surface area contributed by atoms with Crippen molar-refractivity contribution < 1.29 is 9.59 Å². The first-order chi connectivity index (χ1) is 11.3. The van der Waals surface area contributed by atoms with Gasteiger partial charge in [0.1, 0.15) is 0 Å². The summed E-state index contributed by atoms with van der Waals surface area (Å²) in [4.78, 5) is 24.8. The zero-order valence-electron chi connectivity index (χ0n) is 15.7. The number of hydrogen-bond acceptors (Lipinski definition) is 2. The molecule has 2 nitrogen and oxygen atoms in total. The lowest BCUT2D eigenvalue weighted by Crippen LogP contribution is -2.53. The van der Waals surface area contributed by atoms with Crippen LogP contribution in [0.2, 0.25) is 0 Å². The van der Waals surface area contributed by atoms with Crippen LogP contribution >= 0.6 is 0 Å². The Morgan fingerprint density at radius 1 is 1.04 bits per heavy atom. The predicted molar refractivity (Wildman–Crippen MR) is 95.4 cm³/mol. The predicted octanol–water partition coefficient (Wildman–Crippen LogP) is 4.97. The van der Waals surface area contributed by atoms with E-state index in [0.29, 0.717) is 36.0 Å². The topological polar surface area (TPSA) is 34.1 Å². The second-order valence-corrected chi connectivity index (χ2v) is 9.92. The third kappa shape index (κ3) is 2.07. The largest absolute Gasteiger partial charge is 0.295 e. The van der Waals surface area contributed by atoms with Gasteiger partial charge in [-0.1, -0.05) is 27.7 Å². The summed E-state index contributed by atoms with van der Waals surface area (Å²) in [5.41, 5.74) is 1.27. The summed E-state index contributed by atoms with van der Waals surface area (Å²) < 4.78 is 0. The van der Waals surface area contributed by atoms with Crippen LogP contribution in [0.3, 0.4) is 0 Å². The molecule has 0 N–H and O–H groups in total. The van der Waals surface area contributed by atoms with E-state index in [1.807, 2.05) is 0 Å². The van der Waals surface area contributed by atoms with Crippen molar-refractivity contribution in [2.75, 3.05) is 0 Å². The molecule has 24 heavy (non-hydrogen) atoms. The Bertz CT molecular complexity index is 615. The van der Waals surface area contributed by atoms with Crippen molar-refractivity contribution >= 4 is 11.6 Å². The minimum atomic E-state index is -0.0366. The standard InChI is InChI=1S/C22H32O2/c1-13(2)16-5-6-17-15-12-20(24)19-11-14(23)7-9-22(19,4)18(15)8-10-21(16,17)3/h11,13,15-18H,5-10,12H2,1-4H3. The molecule has 0 spiro atoms. The summed E-state index contributed by atoms with van der Waals surface area (Å²) in [6.07, 6.45) is 9.14. The molecule has 0 bridgehead atoms. The first-order valence-electron chi connectivity index (χ1n) is 10.1. The SMILES string of the molecule is CC(C)C1CCC2C3CC(=O)C4=CC(=O)CCC4(C)C3CCC12C. The minimum absolute atomic E-state index is 0.0366. The number of rotatable bonds is 1. The minimum Gasteiger partial charge on any atom is -0.295 e. The van der Waals surface area contributed by atoms with Gasteiger partial charge in [0.05, 0.1) is 0 Å².